The van der Waals surface area contributed by atoms with E-state index in [0.717, 1.165) is 24.2 Å². The van der Waals surface area contributed by atoms with Crippen LogP contribution in [0.2, 0.25) is 0 Å². The van der Waals surface area contributed by atoms with Crippen molar-refractivity contribution in [1.82, 2.24) is 24.0 Å². The van der Waals surface area contributed by atoms with Gasteiger partial charge >= 0.3 is 5.69 Å². The van der Waals surface area contributed by atoms with Crippen LogP contribution in [0, 0.1) is 0 Å². The number of rotatable bonds is 7. The van der Waals surface area contributed by atoms with Gasteiger partial charge in [-0.05, 0) is 49.2 Å². The number of aromatic nitrogens is 5. The molecule has 0 saturated heterocycles. The standard InChI is InChI=1S/C20H22N6O/c1-16(9-13-24-11-5-10-21-24)22-18-7-4-6-17(14-18)15-26-20(27)25-12-3-2-8-19(25)23-26/h2-8,10-12,14,16,22H,9,13,15H2,1H3. The molecule has 3 aromatic heterocycles. The number of anilines is 1. The molecule has 27 heavy (non-hydrogen) atoms. The molecule has 1 N–H and O–H groups in total. The molecule has 0 bridgehead atoms. The lowest BCUT2D eigenvalue weighted by molar-refractivity contribution is 0.545. The fourth-order valence-electron chi connectivity index (χ4n) is 3.12. The maximum absolute atomic E-state index is 12.4. The minimum absolute atomic E-state index is 0.128. The van der Waals surface area contributed by atoms with Gasteiger partial charge in [0.05, 0.1) is 6.54 Å². The van der Waals surface area contributed by atoms with Gasteiger partial charge in [0.15, 0.2) is 5.65 Å². The first kappa shape index (κ1) is 17.1. The van der Waals surface area contributed by atoms with Gasteiger partial charge in [0.1, 0.15) is 0 Å². The smallest absolute Gasteiger partial charge is 0.350 e. The van der Waals surface area contributed by atoms with Crippen molar-refractivity contribution >= 4 is 11.3 Å². The van der Waals surface area contributed by atoms with E-state index in [4.69, 9.17) is 0 Å². The monoisotopic (exact) mass is 362 g/mol. The second-order valence-corrected chi connectivity index (χ2v) is 6.67. The van der Waals surface area contributed by atoms with E-state index in [1.807, 2.05) is 53.3 Å². The Hall–Kier alpha value is -3.35. The zero-order valence-corrected chi connectivity index (χ0v) is 15.2. The van der Waals surface area contributed by atoms with Crippen molar-refractivity contribution in [3.63, 3.8) is 0 Å². The molecule has 1 atom stereocenters. The number of hydrogen-bond donors (Lipinski definition) is 1. The van der Waals surface area contributed by atoms with E-state index in [-0.39, 0.29) is 5.69 Å². The van der Waals surface area contributed by atoms with Crippen molar-refractivity contribution in [1.29, 1.82) is 0 Å². The van der Waals surface area contributed by atoms with E-state index >= 15 is 0 Å². The van der Waals surface area contributed by atoms with Gasteiger partial charge < -0.3 is 5.32 Å². The topological polar surface area (TPSA) is 69.2 Å². The first-order valence-corrected chi connectivity index (χ1v) is 9.06. The number of nitrogens with one attached hydrogen (secondary N) is 1. The van der Waals surface area contributed by atoms with E-state index in [2.05, 4.69) is 28.5 Å². The lowest BCUT2D eigenvalue weighted by Gasteiger charge is -2.16. The normalized spacial score (nSPS) is 12.3. The van der Waals surface area contributed by atoms with Gasteiger partial charge in [-0.1, -0.05) is 18.2 Å². The first-order chi connectivity index (χ1) is 13.2. The summed E-state index contributed by atoms with van der Waals surface area (Å²) in [6, 6.07) is 15.9. The predicted octanol–water partition coefficient (Wildman–Crippen LogP) is 2.63. The first-order valence-electron chi connectivity index (χ1n) is 9.06. The summed E-state index contributed by atoms with van der Waals surface area (Å²) in [5.41, 5.74) is 2.60. The molecule has 4 rings (SSSR count). The molecule has 0 saturated carbocycles. The zero-order chi connectivity index (χ0) is 18.6. The van der Waals surface area contributed by atoms with E-state index < -0.39 is 0 Å². The van der Waals surface area contributed by atoms with Crippen LogP contribution in [0.3, 0.4) is 0 Å². The molecule has 4 aromatic rings. The van der Waals surface area contributed by atoms with Gasteiger partial charge in [0, 0.05) is 36.9 Å². The summed E-state index contributed by atoms with van der Waals surface area (Å²) < 4.78 is 4.99. The summed E-state index contributed by atoms with van der Waals surface area (Å²) in [5.74, 6) is 0. The van der Waals surface area contributed by atoms with Crippen LogP contribution in [0.1, 0.15) is 18.9 Å². The Balaban J connectivity index is 1.44. The molecule has 0 aliphatic carbocycles. The maximum atomic E-state index is 12.4. The minimum atomic E-state index is -0.128. The summed E-state index contributed by atoms with van der Waals surface area (Å²) in [6.45, 7) is 3.47. The summed E-state index contributed by atoms with van der Waals surface area (Å²) >= 11 is 0. The number of aryl methyl sites for hydroxylation is 1. The summed E-state index contributed by atoms with van der Waals surface area (Å²) in [7, 11) is 0. The highest BCUT2D eigenvalue weighted by Crippen LogP contribution is 2.14. The van der Waals surface area contributed by atoms with Crippen molar-refractivity contribution in [3.05, 3.63) is 83.2 Å². The molecule has 1 aromatic carbocycles. The second kappa shape index (κ2) is 7.49. The van der Waals surface area contributed by atoms with Crippen LogP contribution in [0.5, 0.6) is 0 Å². The van der Waals surface area contributed by atoms with Gasteiger partial charge in [-0.25, -0.2) is 9.48 Å². The van der Waals surface area contributed by atoms with Crippen molar-refractivity contribution < 1.29 is 0 Å². The van der Waals surface area contributed by atoms with Crippen molar-refractivity contribution in [2.45, 2.75) is 32.5 Å². The summed E-state index contributed by atoms with van der Waals surface area (Å²) in [4.78, 5) is 12.4. The predicted molar refractivity (Wildman–Crippen MR) is 105 cm³/mol. The Morgan fingerprint density at radius 2 is 2.04 bits per heavy atom. The minimum Gasteiger partial charge on any atom is -0.383 e. The van der Waals surface area contributed by atoms with Gasteiger partial charge in [0.2, 0.25) is 0 Å². The van der Waals surface area contributed by atoms with Crippen LogP contribution in [0.25, 0.3) is 5.65 Å². The molecule has 0 aliphatic rings. The molecule has 0 radical (unpaired) electrons. The molecule has 0 amide bonds. The third-order valence-electron chi connectivity index (χ3n) is 4.51. The number of pyridine rings is 1. The fourth-order valence-corrected chi connectivity index (χ4v) is 3.12. The molecule has 7 heteroatoms. The van der Waals surface area contributed by atoms with Crippen molar-refractivity contribution in [3.8, 4) is 0 Å². The molecule has 3 heterocycles. The van der Waals surface area contributed by atoms with Gasteiger partial charge in [-0.2, -0.15) is 5.10 Å². The molecular formula is C20H22N6O. The van der Waals surface area contributed by atoms with Gasteiger partial charge in [-0.15, -0.1) is 5.10 Å². The van der Waals surface area contributed by atoms with Gasteiger partial charge in [-0.3, -0.25) is 9.08 Å². The SMILES string of the molecule is CC(CCn1cccn1)Nc1cccc(Cn2nc3ccccn3c2=O)c1. The number of fused-ring (bicyclic) bond motifs is 1. The number of benzene rings is 1. The highest BCUT2D eigenvalue weighted by molar-refractivity contribution is 5.46. The molecular weight excluding hydrogens is 340 g/mol. The summed E-state index contributed by atoms with van der Waals surface area (Å²) in [6.07, 6.45) is 6.47. The maximum Gasteiger partial charge on any atom is 0.350 e. The Morgan fingerprint density at radius 1 is 1.11 bits per heavy atom. The highest BCUT2D eigenvalue weighted by Gasteiger charge is 2.08. The number of nitrogens with zero attached hydrogens (tertiary/aromatic N) is 5. The van der Waals surface area contributed by atoms with Gasteiger partial charge in [0.25, 0.3) is 0 Å². The van der Waals surface area contributed by atoms with Crippen molar-refractivity contribution in [2.75, 3.05) is 5.32 Å². The van der Waals surface area contributed by atoms with Crippen LogP contribution in [-0.2, 0) is 13.1 Å². The van der Waals surface area contributed by atoms with Crippen LogP contribution < -0.4 is 11.0 Å². The summed E-state index contributed by atoms with van der Waals surface area (Å²) in [5, 5.41) is 12.1. The van der Waals surface area contributed by atoms with Crippen LogP contribution in [0.15, 0.2) is 71.9 Å². The van der Waals surface area contributed by atoms with Crippen LogP contribution in [-0.4, -0.2) is 30.0 Å². The third-order valence-corrected chi connectivity index (χ3v) is 4.51. The Kier molecular flexibility index (Phi) is 4.74. The highest BCUT2D eigenvalue weighted by atomic mass is 16.2. The number of hydrogen-bond acceptors (Lipinski definition) is 4. The molecule has 138 valence electrons. The second-order valence-electron chi connectivity index (χ2n) is 6.67. The average Bonchev–Trinajstić information content (AvgIpc) is 3.29. The van der Waals surface area contributed by atoms with E-state index in [0.29, 0.717) is 18.2 Å². The molecule has 1 unspecified atom stereocenters. The van der Waals surface area contributed by atoms with Crippen LogP contribution in [0.4, 0.5) is 5.69 Å². The van der Waals surface area contributed by atoms with Crippen molar-refractivity contribution in [2.24, 2.45) is 0 Å². The quantitative estimate of drug-likeness (QED) is 0.549. The molecule has 0 aliphatic heterocycles. The molecule has 0 fully saturated rings. The molecule has 7 nitrogen and oxygen atoms in total. The largest absolute Gasteiger partial charge is 0.383 e. The zero-order valence-electron chi connectivity index (χ0n) is 15.2. The van der Waals surface area contributed by atoms with E-state index in [1.165, 1.54) is 4.68 Å². The lowest BCUT2D eigenvalue weighted by Crippen LogP contribution is -2.22. The Morgan fingerprint density at radius 3 is 2.85 bits per heavy atom. The fraction of sp³-hybridized carbons (Fsp3) is 0.250. The van der Waals surface area contributed by atoms with E-state index in [1.54, 1.807) is 16.8 Å². The molecule has 0 spiro atoms. The van der Waals surface area contributed by atoms with Crippen LogP contribution >= 0.6 is 0 Å². The van der Waals surface area contributed by atoms with E-state index in [9.17, 15) is 4.79 Å². The third kappa shape index (κ3) is 3.92. The average molecular weight is 362 g/mol. The Bertz CT molecular complexity index is 1080. The lowest BCUT2D eigenvalue weighted by atomic mass is 10.1. The Labute approximate surface area is 156 Å².